The number of rotatable bonds is 4. The maximum Gasteiger partial charge on any atom is 0.105 e. The van der Waals surface area contributed by atoms with Gasteiger partial charge in [0.1, 0.15) is 6.61 Å². The van der Waals surface area contributed by atoms with E-state index in [4.69, 9.17) is 4.74 Å². The largest absolute Gasteiger partial charge is 0.498 e. The number of benzene rings is 2. The lowest BCUT2D eigenvalue weighted by molar-refractivity contribution is 0.156. The van der Waals surface area contributed by atoms with Crippen molar-refractivity contribution in [2.24, 2.45) is 7.05 Å². The lowest BCUT2D eigenvalue weighted by Crippen LogP contribution is -2.30. The van der Waals surface area contributed by atoms with Crippen LogP contribution in [-0.4, -0.2) is 22.6 Å². The number of aromatic nitrogens is 1. The summed E-state index contributed by atoms with van der Waals surface area (Å²) in [6.07, 6.45) is 12.8. The van der Waals surface area contributed by atoms with Gasteiger partial charge < -0.3 is 14.2 Å². The van der Waals surface area contributed by atoms with Gasteiger partial charge in [-0.05, 0) is 30.0 Å². The first-order chi connectivity index (χ1) is 14.3. The van der Waals surface area contributed by atoms with E-state index in [1.54, 1.807) is 0 Å². The maximum atomic E-state index is 5.51. The standard InChI is InChI=1S/C26H26N2O/c1-27-23-15-9-8-14-22(23)24(25(27)20-10-4-2-5-11-20)26(21-12-6-3-7-13-21)28-16-18-29-19-17-28/h2-4,6-10,12-16,18,26H,5,11,17,19H2,1H3. The fourth-order valence-corrected chi connectivity index (χ4v) is 4.68. The summed E-state index contributed by atoms with van der Waals surface area (Å²) >= 11 is 0. The molecule has 0 spiro atoms. The van der Waals surface area contributed by atoms with Gasteiger partial charge >= 0.3 is 0 Å². The van der Waals surface area contributed by atoms with Gasteiger partial charge in [0.15, 0.2) is 0 Å². The second kappa shape index (κ2) is 7.67. The Morgan fingerprint density at radius 1 is 1.00 bits per heavy atom. The number of para-hydroxylation sites is 1. The van der Waals surface area contributed by atoms with Crippen LogP contribution in [0.25, 0.3) is 16.5 Å². The number of allylic oxidation sites excluding steroid dienone is 4. The molecule has 2 aliphatic rings. The van der Waals surface area contributed by atoms with E-state index < -0.39 is 0 Å². The highest BCUT2D eigenvalue weighted by atomic mass is 16.5. The summed E-state index contributed by atoms with van der Waals surface area (Å²) in [7, 11) is 2.21. The molecule has 1 aromatic heterocycles. The van der Waals surface area contributed by atoms with Crippen LogP contribution in [0.5, 0.6) is 0 Å². The molecule has 29 heavy (non-hydrogen) atoms. The number of ether oxygens (including phenoxy) is 1. The Kier molecular flexibility index (Phi) is 4.73. The van der Waals surface area contributed by atoms with Crippen molar-refractivity contribution in [2.75, 3.05) is 13.2 Å². The van der Waals surface area contributed by atoms with Crippen molar-refractivity contribution in [1.29, 1.82) is 0 Å². The predicted molar refractivity (Wildman–Crippen MR) is 119 cm³/mol. The monoisotopic (exact) mass is 382 g/mol. The first-order valence-corrected chi connectivity index (χ1v) is 10.4. The van der Waals surface area contributed by atoms with E-state index in [0.29, 0.717) is 6.61 Å². The molecule has 2 heterocycles. The van der Waals surface area contributed by atoms with E-state index in [0.717, 1.165) is 19.4 Å². The van der Waals surface area contributed by atoms with Gasteiger partial charge in [-0.25, -0.2) is 0 Å². The molecule has 3 heteroatoms. The summed E-state index contributed by atoms with van der Waals surface area (Å²) in [5.74, 6) is 0. The van der Waals surface area contributed by atoms with Crippen molar-refractivity contribution in [2.45, 2.75) is 18.9 Å². The van der Waals surface area contributed by atoms with Crippen LogP contribution in [0, 0.1) is 0 Å². The predicted octanol–water partition coefficient (Wildman–Crippen LogP) is 5.80. The molecule has 0 N–H and O–H groups in total. The molecule has 0 saturated carbocycles. The Morgan fingerprint density at radius 3 is 2.59 bits per heavy atom. The zero-order valence-corrected chi connectivity index (χ0v) is 16.8. The second-order valence-corrected chi connectivity index (χ2v) is 7.70. The Labute approximate surface area is 172 Å². The van der Waals surface area contributed by atoms with Crippen LogP contribution in [0.4, 0.5) is 0 Å². The Balaban J connectivity index is 1.80. The third kappa shape index (κ3) is 3.17. The van der Waals surface area contributed by atoms with Gasteiger partial charge in [0.2, 0.25) is 0 Å². The zero-order valence-electron chi connectivity index (χ0n) is 16.8. The van der Waals surface area contributed by atoms with Crippen molar-refractivity contribution in [3.63, 3.8) is 0 Å². The third-order valence-corrected chi connectivity index (χ3v) is 6.00. The molecule has 1 unspecified atom stereocenters. The van der Waals surface area contributed by atoms with Crippen LogP contribution in [0.1, 0.15) is 35.7 Å². The van der Waals surface area contributed by atoms with E-state index in [-0.39, 0.29) is 6.04 Å². The summed E-state index contributed by atoms with van der Waals surface area (Å²) in [5, 5.41) is 1.33. The van der Waals surface area contributed by atoms with Gasteiger partial charge in [0.05, 0.1) is 24.5 Å². The van der Waals surface area contributed by atoms with Crippen molar-refractivity contribution >= 4 is 16.5 Å². The van der Waals surface area contributed by atoms with Crippen LogP contribution in [0.3, 0.4) is 0 Å². The molecule has 146 valence electrons. The van der Waals surface area contributed by atoms with Crippen molar-refractivity contribution in [3.05, 3.63) is 102 Å². The topological polar surface area (TPSA) is 17.4 Å². The average Bonchev–Trinajstić information content (AvgIpc) is 3.09. The van der Waals surface area contributed by atoms with Gasteiger partial charge in [0, 0.05) is 29.7 Å². The molecule has 1 atom stereocenters. The number of aryl methyl sites for hydroxylation is 1. The summed E-state index contributed by atoms with van der Waals surface area (Å²) < 4.78 is 7.90. The van der Waals surface area contributed by atoms with E-state index >= 15 is 0 Å². The van der Waals surface area contributed by atoms with Crippen LogP contribution in [0.2, 0.25) is 0 Å². The van der Waals surface area contributed by atoms with Crippen molar-refractivity contribution < 1.29 is 4.74 Å². The maximum absolute atomic E-state index is 5.51. The summed E-state index contributed by atoms with van der Waals surface area (Å²) in [5.41, 5.74) is 6.75. The molecule has 5 rings (SSSR count). The number of hydrogen-bond donors (Lipinski definition) is 0. The smallest absolute Gasteiger partial charge is 0.105 e. The fourth-order valence-electron chi connectivity index (χ4n) is 4.68. The summed E-state index contributed by atoms with van der Waals surface area (Å²) in [6.45, 7) is 1.59. The van der Waals surface area contributed by atoms with Crippen LogP contribution in [-0.2, 0) is 11.8 Å². The second-order valence-electron chi connectivity index (χ2n) is 7.70. The molecule has 3 aromatic rings. The van der Waals surface area contributed by atoms with Gasteiger partial charge in [-0.15, -0.1) is 0 Å². The zero-order chi connectivity index (χ0) is 19.6. The van der Waals surface area contributed by atoms with E-state index in [1.165, 1.54) is 33.3 Å². The van der Waals surface area contributed by atoms with Crippen LogP contribution in [0.15, 0.2) is 85.3 Å². The van der Waals surface area contributed by atoms with Gasteiger partial charge in [-0.1, -0.05) is 66.8 Å². The van der Waals surface area contributed by atoms with Gasteiger partial charge in [-0.2, -0.15) is 0 Å². The number of nitrogens with zero attached hydrogens (tertiary/aromatic N) is 2. The average molecular weight is 383 g/mol. The summed E-state index contributed by atoms with van der Waals surface area (Å²) in [4.78, 5) is 2.42. The molecule has 1 aliphatic carbocycles. The SMILES string of the molecule is Cn1c(C2=CC=CCC2)c(C(c2ccccc2)N2C=COCC2)c2ccccc21. The van der Waals surface area contributed by atoms with Crippen LogP contribution >= 0.6 is 0 Å². The fraction of sp³-hybridized carbons (Fsp3) is 0.231. The molecule has 2 aromatic carbocycles. The number of fused-ring (bicyclic) bond motifs is 1. The van der Waals surface area contributed by atoms with E-state index in [2.05, 4.69) is 95.5 Å². The minimum atomic E-state index is 0.143. The van der Waals surface area contributed by atoms with Gasteiger partial charge in [0.25, 0.3) is 0 Å². The van der Waals surface area contributed by atoms with E-state index in [9.17, 15) is 0 Å². The van der Waals surface area contributed by atoms with Gasteiger partial charge in [-0.3, -0.25) is 0 Å². The summed E-state index contributed by atoms with van der Waals surface area (Å²) in [6, 6.07) is 19.8. The molecule has 0 radical (unpaired) electrons. The molecule has 1 aliphatic heterocycles. The third-order valence-electron chi connectivity index (χ3n) is 6.00. The highest BCUT2D eigenvalue weighted by Crippen LogP contribution is 2.42. The lowest BCUT2D eigenvalue weighted by Gasteiger charge is -2.34. The number of hydrogen-bond acceptors (Lipinski definition) is 2. The van der Waals surface area contributed by atoms with Crippen molar-refractivity contribution in [3.8, 4) is 0 Å². The molecule has 3 nitrogen and oxygen atoms in total. The Morgan fingerprint density at radius 2 is 1.83 bits per heavy atom. The first kappa shape index (κ1) is 17.9. The molecular formula is C26H26N2O. The Hall–Kier alpha value is -3.20. The Bertz CT molecular complexity index is 1100. The minimum absolute atomic E-state index is 0.143. The van der Waals surface area contributed by atoms with Crippen molar-refractivity contribution in [1.82, 2.24) is 9.47 Å². The quantitative estimate of drug-likeness (QED) is 0.567. The molecule has 0 bridgehead atoms. The normalized spacial score (nSPS) is 17.3. The molecule has 0 amide bonds. The van der Waals surface area contributed by atoms with E-state index in [1.807, 2.05) is 6.26 Å². The van der Waals surface area contributed by atoms with Crippen LogP contribution < -0.4 is 0 Å². The first-order valence-electron chi connectivity index (χ1n) is 10.4. The molecule has 0 saturated heterocycles. The molecular weight excluding hydrogens is 356 g/mol. The lowest BCUT2D eigenvalue weighted by atomic mass is 9.90. The molecule has 0 fully saturated rings. The highest BCUT2D eigenvalue weighted by molar-refractivity contribution is 5.91. The highest BCUT2D eigenvalue weighted by Gasteiger charge is 2.29. The minimum Gasteiger partial charge on any atom is -0.498 e.